The summed E-state index contributed by atoms with van der Waals surface area (Å²) in [5, 5.41) is 9.97. The van der Waals surface area contributed by atoms with Crippen molar-refractivity contribution in [2.45, 2.75) is 37.6 Å². The third-order valence-electron chi connectivity index (χ3n) is 4.40. The van der Waals surface area contributed by atoms with Crippen molar-refractivity contribution in [3.05, 3.63) is 22.4 Å². The summed E-state index contributed by atoms with van der Waals surface area (Å²) in [4.78, 5) is 29.7. The van der Waals surface area contributed by atoms with Crippen molar-refractivity contribution in [3.63, 3.8) is 0 Å². The van der Waals surface area contributed by atoms with Gasteiger partial charge in [0, 0.05) is 11.6 Å². The van der Waals surface area contributed by atoms with Gasteiger partial charge in [0.05, 0.1) is 6.21 Å². The van der Waals surface area contributed by atoms with Crippen LogP contribution in [0.25, 0.3) is 4.96 Å². The number of urea groups is 1. The lowest BCUT2D eigenvalue weighted by Gasteiger charge is -2.29. The van der Waals surface area contributed by atoms with Gasteiger partial charge in [0.25, 0.3) is 5.91 Å². The number of imide groups is 1. The van der Waals surface area contributed by atoms with Gasteiger partial charge in [0.2, 0.25) is 0 Å². The summed E-state index contributed by atoms with van der Waals surface area (Å²) in [7, 11) is 0. The van der Waals surface area contributed by atoms with E-state index in [-0.39, 0.29) is 5.91 Å². The fourth-order valence-corrected chi connectivity index (χ4v) is 4.20. The molecule has 23 heavy (non-hydrogen) atoms. The van der Waals surface area contributed by atoms with Crippen LogP contribution in [-0.4, -0.2) is 38.1 Å². The first-order chi connectivity index (χ1) is 11.1. The van der Waals surface area contributed by atoms with E-state index >= 15 is 0 Å². The molecule has 0 unspecified atom stereocenters. The number of hydrazone groups is 1. The van der Waals surface area contributed by atoms with Gasteiger partial charge in [-0.3, -0.25) is 9.20 Å². The van der Waals surface area contributed by atoms with Crippen LogP contribution in [0, 0.1) is 0 Å². The Morgan fingerprint density at radius 3 is 2.91 bits per heavy atom. The number of imidazole rings is 1. The SMILES string of the molecule is O=C1NC2(CCCCC2)C(=O)N1N=Cc1c(Cl)nc2sccn12. The Hall–Kier alpha value is -1.93. The second-order valence-electron chi connectivity index (χ2n) is 5.78. The highest BCUT2D eigenvalue weighted by Gasteiger charge is 2.51. The lowest BCUT2D eigenvalue weighted by atomic mass is 9.82. The van der Waals surface area contributed by atoms with E-state index in [9.17, 15) is 9.59 Å². The Labute approximate surface area is 140 Å². The van der Waals surface area contributed by atoms with Crippen LogP contribution in [0.3, 0.4) is 0 Å². The molecule has 1 aliphatic carbocycles. The highest BCUT2D eigenvalue weighted by molar-refractivity contribution is 7.15. The summed E-state index contributed by atoms with van der Waals surface area (Å²) in [6.07, 6.45) is 7.54. The van der Waals surface area contributed by atoms with Crippen LogP contribution in [-0.2, 0) is 4.79 Å². The highest BCUT2D eigenvalue weighted by atomic mass is 35.5. The van der Waals surface area contributed by atoms with Crippen LogP contribution < -0.4 is 5.32 Å². The molecular weight excluding hydrogens is 338 g/mol. The lowest BCUT2D eigenvalue weighted by Crippen LogP contribution is -2.48. The first-order valence-corrected chi connectivity index (χ1v) is 8.68. The summed E-state index contributed by atoms with van der Waals surface area (Å²) < 4.78 is 1.77. The molecule has 120 valence electrons. The molecule has 1 spiro atoms. The molecule has 2 aliphatic rings. The predicted octanol–water partition coefficient (Wildman–Crippen LogP) is 2.64. The zero-order valence-corrected chi connectivity index (χ0v) is 13.7. The molecule has 0 aromatic carbocycles. The minimum Gasteiger partial charge on any atom is -0.321 e. The molecule has 0 bridgehead atoms. The molecule has 0 radical (unpaired) electrons. The quantitative estimate of drug-likeness (QED) is 0.667. The maximum absolute atomic E-state index is 12.6. The predicted molar refractivity (Wildman–Crippen MR) is 86.9 cm³/mol. The number of carbonyl (C=O) groups is 2. The molecule has 9 heteroatoms. The molecule has 1 saturated carbocycles. The van der Waals surface area contributed by atoms with Gasteiger partial charge in [0.15, 0.2) is 10.1 Å². The summed E-state index contributed by atoms with van der Waals surface area (Å²) in [5.74, 6) is -0.277. The maximum atomic E-state index is 12.6. The van der Waals surface area contributed by atoms with Crippen LogP contribution >= 0.6 is 22.9 Å². The molecule has 3 heterocycles. The van der Waals surface area contributed by atoms with Crippen molar-refractivity contribution in [3.8, 4) is 0 Å². The molecule has 1 aliphatic heterocycles. The number of hydrogen-bond donors (Lipinski definition) is 1. The van der Waals surface area contributed by atoms with Crippen molar-refractivity contribution in [2.24, 2.45) is 5.10 Å². The van der Waals surface area contributed by atoms with Gasteiger partial charge in [-0.2, -0.15) is 5.10 Å². The lowest BCUT2D eigenvalue weighted by molar-refractivity contribution is -0.132. The Bertz CT molecular complexity index is 820. The fourth-order valence-electron chi connectivity index (χ4n) is 3.21. The number of halogens is 1. The third kappa shape index (κ3) is 2.24. The molecule has 3 amide bonds. The average molecular weight is 352 g/mol. The van der Waals surface area contributed by atoms with Crippen LogP contribution in [0.4, 0.5) is 4.79 Å². The normalized spacial score (nSPS) is 21.0. The van der Waals surface area contributed by atoms with Gasteiger partial charge in [-0.05, 0) is 12.8 Å². The molecular formula is C14H14ClN5O2S. The number of rotatable bonds is 2. The number of nitrogens with zero attached hydrogens (tertiary/aromatic N) is 4. The van der Waals surface area contributed by atoms with Gasteiger partial charge in [0.1, 0.15) is 11.2 Å². The molecule has 0 atom stereocenters. The summed E-state index contributed by atoms with van der Waals surface area (Å²) in [6, 6.07) is -0.477. The molecule has 1 saturated heterocycles. The Kier molecular flexibility index (Phi) is 3.38. The van der Waals surface area contributed by atoms with Crippen molar-refractivity contribution in [2.75, 3.05) is 0 Å². The van der Waals surface area contributed by atoms with Crippen molar-refractivity contribution in [1.82, 2.24) is 19.7 Å². The zero-order valence-electron chi connectivity index (χ0n) is 12.2. The minimum atomic E-state index is -0.772. The molecule has 7 nitrogen and oxygen atoms in total. The van der Waals surface area contributed by atoms with Crippen LogP contribution in [0.2, 0.25) is 5.15 Å². The molecule has 2 aromatic heterocycles. The van der Waals surface area contributed by atoms with Crippen molar-refractivity contribution < 1.29 is 9.59 Å². The van der Waals surface area contributed by atoms with Gasteiger partial charge in [-0.1, -0.05) is 30.9 Å². The number of hydrogen-bond acceptors (Lipinski definition) is 5. The average Bonchev–Trinajstić information content (AvgIpc) is 3.15. The van der Waals surface area contributed by atoms with E-state index in [1.54, 1.807) is 4.40 Å². The Morgan fingerprint density at radius 1 is 1.35 bits per heavy atom. The van der Waals surface area contributed by atoms with Crippen molar-refractivity contribution in [1.29, 1.82) is 0 Å². The first kappa shape index (κ1) is 14.6. The largest absolute Gasteiger partial charge is 0.346 e. The molecule has 1 N–H and O–H groups in total. The zero-order chi connectivity index (χ0) is 16.0. The van der Waals surface area contributed by atoms with Crippen LogP contribution in [0.5, 0.6) is 0 Å². The van der Waals surface area contributed by atoms with Gasteiger partial charge in [-0.15, -0.1) is 16.3 Å². The van der Waals surface area contributed by atoms with Crippen LogP contribution in [0.15, 0.2) is 16.7 Å². The topological polar surface area (TPSA) is 79.1 Å². The van der Waals surface area contributed by atoms with Crippen molar-refractivity contribution >= 4 is 46.1 Å². The molecule has 4 rings (SSSR count). The molecule has 2 aromatic rings. The number of amides is 3. The second kappa shape index (κ2) is 5.31. The standard InChI is InChI=1S/C14H14ClN5O2S/c15-10-9(19-6-7-23-13(19)17-10)8-16-20-11(21)14(18-12(20)22)4-2-1-3-5-14/h6-8H,1-5H2,(H,18,22). The number of carbonyl (C=O) groups excluding carboxylic acids is 2. The van der Waals surface area contributed by atoms with E-state index in [1.165, 1.54) is 17.6 Å². The number of fused-ring (bicyclic) bond motifs is 1. The number of aromatic nitrogens is 2. The second-order valence-corrected chi connectivity index (χ2v) is 7.01. The Balaban J connectivity index is 1.63. The van der Waals surface area contributed by atoms with E-state index in [0.29, 0.717) is 23.7 Å². The fraction of sp³-hybridized carbons (Fsp3) is 0.429. The van der Waals surface area contributed by atoms with Gasteiger partial charge >= 0.3 is 6.03 Å². The summed E-state index contributed by atoms with van der Waals surface area (Å²) in [5.41, 5.74) is -0.223. The maximum Gasteiger partial charge on any atom is 0.346 e. The summed E-state index contributed by atoms with van der Waals surface area (Å²) in [6.45, 7) is 0. The highest BCUT2D eigenvalue weighted by Crippen LogP contribution is 2.33. The summed E-state index contributed by atoms with van der Waals surface area (Å²) >= 11 is 7.53. The van der Waals surface area contributed by atoms with E-state index < -0.39 is 11.6 Å². The van der Waals surface area contributed by atoms with Gasteiger partial charge in [-0.25, -0.2) is 9.78 Å². The van der Waals surface area contributed by atoms with Crippen LogP contribution in [0.1, 0.15) is 37.8 Å². The van der Waals surface area contributed by atoms with E-state index in [2.05, 4.69) is 15.4 Å². The third-order valence-corrected chi connectivity index (χ3v) is 5.43. The number of thiazole rings is 1. The first-order valence-electron chi connectivity index (χ1n) is 7.42. The smallest absolute Gasteiger partial charge is 0.321 e. The number of nitrogens with one attached hydrogen (secondary N) is 1. The monoisotopic (exact) mass is 351 g/mol. The van der Waals surface area contributed by atoms with Gasteiger partial charge < -0.3 is 5.32 Å². The van der Waals surface area contributed by atoms with E-state index in [0.717, 1.165) is 29.2 Å². The molecule has 2 fully saturated rings. The Morgan fingerprint density at radius 2 is 2.13 bits per heavy atom. The van der Waals surface area contributed by atoms with E-state index in [1.807, 2.05) is 11.6 Å². The van der Waals surface area contributed by atoms with E-state index in [4.69, 9.17) is 11.6 Å². The minimum absolute atomic E-state index is 0.277.